The van der Waals surface area contributed by atoms with Crippen LogP contribution >= 0.6 is 0 Å². The Morgan fingerprint density at radius 3 is 2.77 bits per heavy atom. The highest BCUT2D eigenvalue weighted by Crippen LogP contribution is 2.06. The molecule has 0 aromatic carbocycles. The molecule has 0 spiro atoms. The first kappa shape index (κ1) is 10.4. The molecular formula is C10H18NO2+. The van der Waals surface area contributed by atoms with Crippen LogP contribution in [0, 0.1) is 5.92 Å². The third kappa shape index (κ3) is 2.94. The van der Waals surface area contributed by atoms with Gasteiger partial charge in [-0.15, -0.1) is 0 Å². The van der Waals surface area contributed by atoms with Gasteiger partial charge in [-0.2, -0.15) is 0 Å². The smallest absolute Gasteiger partial charge is 0.178 e. The van der Waals surface area contributed by atoms with Gasteiger partial charge in [0, 0.05) is 21.1 Å². The van der Waals surface area contributed by atoms with Crippen molar-refractivity contribution in [2.24, 2.45) is 5.92 Å². The minimum absolute atomic E-state index is 0.406. The van der Waals surface area contributed by atoms with Gasteiger partial charge in [0.15, 0.2) is 18.5 Å². The Bertz CT molecular complexity index is 211. The van der Waals surface area contributed by atoms with E-state index in [0.29, 0.717) is 12.0 Å². The number of rotatable bonds is 5. The Hall–Kier alpha value is -0.670. The Labute approximate surface area is 79.7 Å². The molecule has 0 N–H and O–H groups in total. The lowest BCUT2D eigenvalue weighted by Gasteiger charge is -2.04. The summed E-state index contributed by atoms with van der Waals surface area (Å²) in [5.74, 6) is 0.421. The summed E-state index contributed by atoms with van der Waals surface area (Å²) in [5, 5.41) is 0. The van der Waals surface area contributed by atoms with Crippen molar-refractivity contribution in [3.8, 4) is 0 Å². The lowest BCUT2D eigenvalue weighted by atomic mass is 10.2. The van der Waals surface area contributed by atoms with Crippen LogP contribution in [0.4, 0.5) is 0 Å². The van der Waals surface area contributed by atoms with Crippen molar-refractivity contribution in [1.29, 1.82) is 0 Å². The minimum Gasteiger partial charge on any atom is -0.384 e. The first-order valence-electron chi connectivity index (χ1n) is 4.56. The molecule has 0 saturated carbocycles. The number of nitrogens with zero attached hydrogens (tertiary/aromatic N) is 1. The van der Waals surface area contributed by atoms with Gasteiger partial charge in [-0.25, -0.2) is 4.58 Å². The van der Waals surface area contributed by atoms with Crippen LogP contribution < -0.4 is 0 Å². The Morgan fingerprint density at radius 1 is 1.38 bits per heavy atom. The van der Waals surface area contributed by atoms with Crippen molar-refractivity contribution < 1.29 is 14.0 Å². The van der Waals surface area contributed by atoms with E-state index in [0.717, 1.165) is 13.2 Å². The third-order valence-electron chi connectivity index (χ3n) is 2.14. The number of hydrogen-bond donors (Lipinski definition) is 0. The van der Waals surface area contributed by atoms with Crippen LogP contribution in [-0.4, -0.2) is 44.3 Å². The summed E-state index contributed by atoms with van der Waals surface area (Å²) >= 11 is 0. The lowest BCUT2D eigenvalue weighted by molar-refractivity contribution is -0.493. The predicted octanol–water partition coefficient (Wildman–Crippen LogP) is 0.895. The van der Waals surface area contributed by atoms with Crippen LogP contribution in [0.3, 0.4) is 0 Å². The summed E-state index contributed by atoms with van der Waals surface area (Å²) in [6, 6.07) is 0.406. The van der Waals surface area contributed by atoms with Crippen molar-refractivity contribution in [1.82, 2.24) is 0 Å². The number of ether oxygens (including phenoxy) is 2. The SMILES string of the molecule is COC[C@H]1C=C[N+]([C@@H](C)COC)=C1. The Kier molecular flexibility index (Phi) is 4.12. The third-order valence-corrected chi connectivity index (χ3v) is 2.14. The van der Waals surface area contributed by atoms with Crippen molar-refractivity contribution in [2.45, 2.75) is 13.0 Å². The molecule has 0 bridgehead atoms. The molecule has 3 nitrogen and oxygen atoms in total. The molecule has 1 aliphatic heterocycles. The van der Waals surface area contributed by atoms with Gasteiger partial charge >= 0.3 is 0 Å². The number of hydrogen-bond acceptors (Lipinski definition) is 2. The summed E-state index contributed by atoms with van der Waals surface area (Å²) in [5.41, 5.74) is 0. The van der Waals surface area contributed by atoms with Crippen LogP contribution in [0.1, 0.15) is 6.92 Å². The average Bonchev–Trinajstić information content (AvgIpc) is 2.54. The summed E-state index contributed by atoms with van der Waals surface area (Å²) < 4.78 is 12.3. The molecule has 13 heavy (non-hydrogen) atoms. The molecule has 0 amide bonds. The Morgan fingerprint density at radius 2 is 2.15 bits per heavy atom. The van der Waals surface area contributed by atoms with E-state index in [1.54, 1.807) is 14.2 Å². The van der Waals surface area contributed by atoms with Gasteiger partial charge in [0.05, 0.1) is 12.5 Å². The maximum atomic E-state index is 5.08. The zero-order valence-corrected chi connectivity index (χ0v) is 8.56. The maximum absolute atomic E-state index is 5.08. The monoisotopic (exact) mass is 184 g/mol. The van der Waals surface area contributed by atoms with E-state index in [4.69, 9.17) is 9.47 Å². The normalized spacial score (nSPS) is 23.3. The summed E-state index contributed by atoms with van der Waals surface area (Å²) in [6.45, 7) is 3.65. The fourth-order valence-electron chi connectivity index (χ4n) is 1.44. The van der Waals surface area contributed by atoms with Gasteiger partial charge in [0.25, 0.3) is 0 Å². The molecule has 0 aliphatic carbocycles. The first-order chi connectivity index (χ1) is 6.27. The van der Waals surface area contributed by atoms with E-state index in [-0.39, 0.29) is 0 Å². The molecule has 0 fully saturated rings. The molecule has 1 rings (SSSR count). The Balaban J connectivity index is 2.44. The van der Waals surface area contributed by atoms with Gasteiger partial charge in [-0.05, 0) is 6.08 Å². The van der Waals surface area contributed by atoms with Crippen LogP contribution in [-0.2, 0) is 9.47 Å². The summed E-state index contributed by atoms with van der Waals surface area (Å²) in [7, 11) is 3.45. The molecule has 0 aromatic rings. The van der Waals surface area contributed by atoms with E-state index in [1.807, 2.05) is 0 Å². The summed E-state index contributed by atoms with van der Waals surface area (Å²) in [4.78, 5) is 0. The largest absolute Gasteiger partial charge is 0.384 e. The summed E-state index contributed by atoms with van der Waals surface area (Å²) in [6.07, 6.45) is 6.41. The van der Waals surface area contributed by atoms with E-state index in [2.05, 4.69) is 30.0 Å². The topological polar surface area (TPSA) is 21.5 Å². The highest BCUT2D eigenvalue weighted by atomic mass is 16.5. The highest BCUT2D eigenvalue weighted by molar-refractivity contribution is 5.60. The van der Waals surface area contributed by atoms with E-state index < -0.39 is 0 Å². The van der Waals surface area contributed by atoms with Gasteiger partial charge in [0.2, 0.25) is 0 Å². The number of methoxy groups -OCH3 is 2. The molecule has 2 atom stereocenters. The van der Waals surface area contributed by atoms with Crippen molar-refractivity contribution in [3.63, 3.8) is 0 Å². The van der Waals surface area contributed by atoms with Gasteiger partial charge in [-0.3, -0.25) is 0 Å². The lowest BCUT2D eigenvalue weighted by Crippen LogP contribution is -2.23. The van der Waals surface area contributed by atoms with Crippen molar-refractivity contribution in [2.75, 3.05) is 27.4 Å². The molecule has 0 unspecified atom stereocenters. The molecule has 0 saturated heterocycles. The molecule has 0 radical (unpaired) electrons. The standard InChI is InChI=1S/C10H18NO2/c1-9(7-12-2)11-5-4-10(6-11)8-13-3/h4-6,9-10H,7-8H2,1-3H3/q+1/t9-,10-/m0/s1. The van der Waals surface area contributed by atoms with Crippen molar-refractivity contribution in [3.05, 3.63) is 12.3 Å². The highest BCUT2D eigenvalue weighted by Gasteiger charge is 2.20. The second-order valence-corrected chi connectivity index (χ2v) is 3.36. The molecule has 74 valence electrons. The molecular weight excluding hydrogens is 166 g/mol. The average molecular weight is 184 g/mol. The quantitative estimate of drug-likeness (QED) is 0.592. The molecule has 1 aliphatic rings. The zero-order valence-electron chi connectivity index (χ0n) is 8.56. The second kappa shape index (κ2) is 5.14. The van der Waals surface area contributed by atoms with E-state index >= 15 is 0 Å². The first-order valence-corrected chi connectivity index (χ1v) is 4.56. The van der Waals surface area contributed by atoms with Crippen LogP contribution in [0.25, 0.3) is 0 Å². The van der Waals surface area contributed by atoms with Gasteiger partial charge < -0.3 is 9.47 Å². The molecule has 1 heterocycles. The van der Waals surface area contributed by atoms with Gasteiger partial charge in [-0.1, -0.05) is 0 Å². The predicted molar refractivity (Wildman–Crippen MR) is 52.2 cm³/mol. The maximum Gasteiger partial charge on any atom is 0.178 e. The fraction of sp³-hybridized carbons (Fsp3) is 0.700. The van der Waals surface area contributed by atoms with Gasteiger partial charge in [0.1, 0.15) is 6.61 Å². The second-order valence-electron chi connectivity index (χ2n) is 3.36. The van der Waals surface area contributed by atoms with E-state index in [1.165, 1.54) is 0 Å². The molecule has 3 heteroatoms. The van der Waals surface area contributed by atoms with E-state index in [9.17, 15) is 0 Å². The van der Waals surface area contributed by atoms with Crippen molar-refractivity contribution >= 4 is 6.21 Å². The van der Waals surface area contributed by atoms with Crippen LogP contribution in [0.15, 0.2) is 12.3 Å². The van der Waals surface area contributed by atoms with Crippen LogP contribution in [0.5, 0.6) is 0 Å². The molecule has 0 aromatic heterocycles. The van der Waals surface area contributed by atoms with Crippen LogP contribution in [0.2, 0.25) is 0 Å². The minimum atomic E-state index is 0.406. The zero-order chi connectivity index (χ0) is 9.68. The fourth-order valence-corrected chi connectivity index (χ4v) is 1.44.